The van der Waals surface area contributed by atoms with Gasteiger partial charge in [0.25, 0.3) is 0 Å². The summed E-state index contributed by atoms with van der Waals surface area (Å²) in [5.41, 5.74) is 1.20. The van der Waals surface area contributed by atoms with Gasteiger partial charge in [-0.05, 0) is 43.4 Å². The third kappa shape index (κ3) is 5.62. The summed E-state index contributed by atoms with van der Waals surface area (Å²) in [6.45, 7) is 6.83. The van der Waals surface area contributed by atoms with Crippen molar-refractivity contribution < 1.29 is 9.53 Å². The van der Waals surface area contributed by atoms with Crippen LogP contribution in [-0.4, -0.2) is 42.0 Å². The second kappa shape index (κ2) is 8.32. The van der Waals surface area contributed by atoms with Crippen molar-refractivity contribution in [3.8, 4) is 5.75 Å². The number of likely N-dealkylation sites (tertiary alicyclic amines) is 1. The molecule has 4 heteroatoms. The fourth-order valence-corrected chi connectivity index (χ4v) is 3.14. The molecule has 0 bridgehead atoms. The summed E-state index contributed by atoms with van der Waals surface area (Å²) in [5.74, 6) is 3.38. The van der Waals surface area contributed by atoms with Crippen LogP contribution in [-0.2, 0) is 4.79 Å². The van der Waals surface area contributed by atoms with Crippen LogP contribution >= 0.6 is 11.8 Å². The molecule has 1 fully saturated rings. The van der Waals surface area contributed by atoms with Gasteiger partial charge in [0.2, 0.25) is 5.91 Å². The molecule has 1 heterocycles. The molecule has 0 unspecified atom stereocenters. The highest BCUT2D eigenvalue weighted by Gasteiger charge is 2.19. The van der Waals surface area contributed by atoms with Crippen molar-refractivity contribution in [3.63, 3.8) is 0 Å². The molecule has 21 heavy (non-hydrogen) atoms. The van der Waals surface area contributed by atoms with Crippen molar-refractivity contribution in [3.05, 3.63) is 29.8 Å². The number of carbonyl (C=O) groups excluding carboxylic acids is 1. The highest BCUT2D eigenvalue weighted by molar-refractivity contribution is 7.99. The van der Waals surface area contributed by atoms with E-state index in [2.05, 4.69) is 19.9 Å². The van der Waals surface area contributed by atoms with Crippen LogP contribution in [0.2, 0.25) is 0 Å². The minimum Gasteiger partial charge on any atom is -0.493 e. The number of carbonyl (C=O) groups is 1. The number of amides is 1. The highest BCUT2D eigenvalue weighted by atomic mass is 32.2. The van der Waals surface area contributed by atoms with Crippen LogP contribution < -0.4 is 4.74 Å². The Morgan fingerprint density at radius 3 is 2.86 bits per heavy atom. The molecule has 116 valence electrons. The topological polar surface area (TPSA) is 29.5 Å². The predicted octanol–water partition coefficient (Wildman–Crippen LogP) is 3.37. The highest BCUT2D eigenvalue weighted by Crippen LogP contribution is 2.17. The quantitative estimate of drug-likeness (QED) is 0.755. The molecular formula is C17H25NO2S. The van der Waals surface area contributed by atoms with E-state index in [1.165, 1.54) is 5.56 Å². The van der Waals surface area contributed by atoms with Gasteiger partial charge >= 0.3 is 0 Å². The van der Waals surface area contributed by atoms with E-state index >= 15 is 0 Å². The molecule has 0 N–H and O–H groups in total. The van der Waals surface area contributed by atoms with E-state index in [1.807, 2.05) is 23.1 Å². The second-order valence-corrected chi connectivity index (χ2v) is 6.89. The summed E-state index contributed by atoms with van der Waals surface area (Å²) >= 11 is 1.66. The lowest BCUT2D eigenvalue weighted by atomic mass is 9.99. The van der Waals surface area contributed by atoms with Crippen LogP contribution in [0.1, 0.15) is 25.3 Å². The smallest absolute Gasteiger partial charge is 0.232 e. The summed E-state index contributed by atoms with van der Waals surface area (Å²) < 4.78 is 5.68. The number of piperidine rings is 1. The maximum Gasteiger partial charge on any atom is 0.232 e. The van der Waals surface area contributed by atoms with Crippen LogP contribution in [0.15, 0.2) is 24.3 Å². The average molecular weight is 307 g/mol. The van der Waals surface area contributed by atoms with Crippen LogP contribution in [0.25, 0.3) is 0 Å². The van der Waals surface area contributed by atoms with Gasteiger partial charge in [-0.2, -0.15) is 0 Å². The Balaban J connectivity index is 1.58. The summed E-state index contributed by atoms with van der Waals surface area (Å²) in [4.78, 5) is 14.1. The zero-order valence-electron chi connectivity index (χ0n) is 13.0. The van der Waals surface area contributed by atoms with Gasteiger partial charge in [-0.1, -0.05) is 19.1 Å². The largest absolute Gasteiger partial charge is 0.493 e. The number of rotatable bonds is 6. The number of thioether (sulfide) groups is 1. The van der Waals surface area contributed by atoms with Crippen molar-refractivity contribution in [1.82, 2.24) is 4.90 Å². The summed E-state index contributed by atoms with van der Waals surface area (Å²) in [5, 5.41) is 0. The van der Waals surface area contributed by atoms with Gasteiger partial charge in [0.1, 0.15) is 5.75 Å². The third-order valence-corrected chi connectivity index (χ3v) is 4.75. The van der Waals surface area contributed by atoms with E-state index in [0.717, 1.165) is 43.4 Å². The minimum absolute atomic E-state index is 0.280. The second-order valence-electron chi connectivity index (χ2n) is 5.78. The van der Waals surface area contributed by atoms with E-state index in [9.17, 15) is 4.79 Å². The normalized spacial score (nSPS) is 16.0. The van der Waals surface area contributed by atoms with E-state index < -0.39 is 0 Å². The molecule has 1 aliphatic rings. The maximum absolute atomic E-state index is 12.0. The first-order valence-electron chi connectivity index (χ1n) is 7.70. The number of nitrogens with zero attached hydrogens (tertiary/aromatic N) is 1. The molecular weight excluding hydrogens is 282 g/mol. The van der Waals surface area contributed by atoms with Crippen LogP contribution in [0, 0.1) is 12.8 Å². The van der Waals surface area contributed by atoms with E-state index in [4.69, 9.17) is 4.74 Å². The molecule has 1 saturated heterocycles. The lowest BCUT2D eigenvalue weighted by molar-refractivity contribution is -0.129. The molecule has 0 radical (unpaired) electrons. The Morgan fingerprint density at radius 2 is 2.14 bits per heavy atom. The number of hydrogen-bond acceptors (Lipinski definition) is 3. The Hall–Kier alpha value is -1.16. The van der Waals surface area contributed by atoms with Crippen molar-refractivity contribution in [1.29, 1.82) is 0 Å². The molecule has 2 rings (SSSR count). The molecule has 0 aliphatic carbocycles. The Bertz CT molecular complexity index is 456. The molecule has 1 amide bonds. The fraction of sp³-hybridized carbons (Fsp3) is 0.588. The molecule has 0 aromatic heterocycles. The first-order valence-corrected chi connectivity index (χ1v) is 8.85. The van der Waals surface area contributed by atoms with Gasteiger partial charge in [-0.3, -0.25) is 4.79 Å². The van der Waals surface area contributed by atoms with Gasteiger partial charge in [-0.25, -0.2) is 0 Å². The maximum atomic E-state index is 12.0. The standard InChI is InChI=1S/C17H25NO2S/c1-14-6-8-18(9-7-14)17(19)13-21-11-10-20-16-5-3-4-15(2)12-16/h3-5,12,14H,6-11,13H2,1-2H3. The minimum atomic E-state index is 0.280. The molecule has 3 nitrogen and oxygen atoms in total. The van der Waals surface area contributed by atoms with Gasteiger partial charge < -0.3 is 9.64 Å². The van der Waals surface area contributed by atoms with Crippen molar-refractivity contribution in [2.75, 3.05) is 31.2 Å². The number of benzene rings is 1. The van der Waals surface area contributed by atoms with Gasteiger partial charge in [-0.15, -0.1) is 11.8 Å². The molecule has 0 saturated carbocycles. The molecule has 1 aromatic rings. The molecule has 1 aliphatic heterocycles. The Kier molecular flexibility index (Phi) is 6.43. The first-order chi connectivity index (χ1) is 10.1. The van der Waals surface area contributed by atoms with Crippen molar-refractivity contribution >= 4 is 17.7 Å². The average Bonchev–Trinajstić information content (AvgIpc) is 2.47. The molecule has 0 atom stereocenters. The van der Waals surface area contributed by atoms with Crippen molar-refractivity contribution in [2.45, 2.75) is 26.7 Å². The summed E-state index contributed by atoms with van der Waals surface area (Å²) in [6.07, 6.45) is 2.29. The van der Waals surface area contributed by atoms with E-state index in [-0.39, 0.29) is 5.91 Å². The number of hydrogen-bond donors (Lipinski definition) is 0. The predicted molar refractivity (Wildman–Crippen MR) is 89.0 cm³/mol. The SMILES string of the molecule is Cc1cccc(OCCSCC(=O)N2CCC(C)CC2)c1. The Morgan fingerprint density at radius 1 is 1.38 bits per heavy atom. The summed E-state index contributed by atoms with van der Waals surface area (Å²) in [7, 11) is 0. The first kappa shape index (κ1) is 16.2. The van der Waals surface area contributed by atoms with Crippen LogP contribution in [0.3, 0.4) is 0 Å². The Labute approximate surface area is 132 Å². The van der Waals surface area contributed by atoms with Gasteiger partial charge in [0.15, 0.2) is 0 Å². The lowest BCUT2D eigenvalue weighted by Gasteiger charge is -2.30. The number of ether oxygens (including phenoxy) is 1. The van der Waals surface area contributed by atoms with Gasteiger partial charge in [0, 0.05) is 18.8 Å². The van der Waals surface area contributed by atoms with Gasteiger partial charge in [0.05, 0.1) is 12.4 Å². The molecule has 1 aromatic carbocycles. The number of aryl methyl sites for hydroxylation is 1. The fourth-order valence-electron chi connectivity index (χ4n) is 2.43. The van der Waals surface area contributed by atoms with E-state index in [0.29, 0.717) is 12.4 Å². The zero-order chi connectivity index (χ0) is 15.1. The lowest BCUT2D eigenvalue weighted by Crippen LogP contribution is -2.39. The molecule has 0 spiro atoms. The van der Waals surface area contributed by atoms with Crippen LogP contribution in [0.5, 0.6) is 5.75 Å². The van der Waals surface area contributed by atoms with Crippen LogP contribution in [0.4, 0.5) is 0 Å². The monoisotopic (exact) mass is 307 g/mol. The summed E-state index contributed by atoms with van der Waals surface area (Å²) in [6, 6.07) is 8.06. The van der Waals surface area contributed by atoms with E-state index in [1.54, 1.807) is 11.8 Å². The third-order valence-electron chi connectivity index (χ3n) is 3.85. The van der Waals surface area contributed by atoms with Crippen molar-refractivity contribution in [2.24, 2.45) is 5.92 Å². The zero-order valence-corrected chi connectivity index (χ0v) is 13.8.